The molecule has 1 saturated carbocycles. The smallest absolute Gasteiger partial charge is 0.150 e. The molecule has 1 aliphatic carbocycles. The molecule has 0 amide bonds. The third kappa shape index (κ3) is 2.24. The highest BCUT2D eigenvalue weighted by atomic mass is 32.1. The lowest BCUT2D eigenvalue weighted by molar-refractivity contribution is 0.271. The fourth-order valence-corrected chi connectivity index (χ4v) is 3.76. The highest BCUT2D eigenvalue weighted by molar-refractivity contribution is 7.13. The Morgan fingerprint density at radius 3 is 2.83 bits per heavy atom. The van der Waals surface area contributed by atoms with Gasteiger partial charge in [-0.25, -0.2) is 4.98 Å². The molecule has 18 heavy (non-hydrogen) atoms. The zero-order valence-corrected chi connectivity index (χ0v) is 11.7. The van der Waals surface area contributed by atoms with Gasteiger partial charge in [-0.05, 0) is 43.0 Å². The van der Waals surface area contributed by atoms with E-state index in [0.717, 1.165) is 11.7 Å². The molecule has 3 rings (SSSR count). The predicted octanol–water partition coefficient (Wildman–Crippen LogP) is 4.75. The number of rotatable bonds is 3. The molecule has 0 aliphatic heterocycles. The van der Waals surface area contributed by atoms with E-state index in [9.17, 15) is 0 Å². The van der Waals surface area contributed by atoms with E-state index < -0.39 is 0 Å². The van der Waals surface area contributed by atoms with Crippen molar-refractivity contribution in [1.29, 1.82) is 0 Å². The molecule has 0 saturated heterocycles. The number of nitrogens with zero attached hydrogens (tertiary/aromatic N) is 2. The minimum atomic E-state index is 0.660. The number of thiophene rings is 1. The van der Waals surface area contributed by atoms with Gasteiger partial charge in [0.1, 0.15) is 5.82 Å². The number of hydrogen-bond donors (Lipinski definition) is 0. The van der Waals surface area contributed by atoms with Crippen LogP contribution in [0.15, 0.2) is 29.9 Å². The lowest BCUT2D eigenvalue weighted by Gasteiger charge is -2.29. The average molecular weight is 260 g/mol. The Hall–Kier alpha value is -1.09. The zero-order valence-electron chi connectivity index (χ0n) is 10.9. The Morgan fingerprint density at radius 2 is 2.17 bits per heavy atom. The van der Waals surface area contributed by atoms with Crippen molar-refractivity contribution in [3.05, 3.63) is 29.9 Å². The minimum absolute atomic E-state index is 0.660. The molecule has 3 heteroatoms. The van der Waals surface area contributed by atoms with Crippen LogP contribution < -0.4 is 0 Å². The summed E-state index contributed by atoms with van der Waals surface area (Å²) in [6.07, 6.45) is 10.8. The largest absolute Gasteiger partial charge is 0.327 e. The summed E-state index contributed by atoms with van der Waals surface area (Å²) in [4.78, 5) is 5.84. The van der Waals surface area contributed by atoms with E-state index in [1.807, 2.05) is 6.20 Å². The third-order valence-corrected chi connectivity index (χ3v) is 5.06. The monoisotopic (exact) mass is 260 g/mol. The summed E-state index contributed by atoms with van der Waals surface area (Å²) < 4.78 is 2.40. The first-order valence-electron chi connectivity index (χ1n) is 6.95. The number of hydrogen-bond acceptors (Lipinski definition) is 2. The van der Waals surface area contributed by atoms with Gasteiger partial charge in [0.15, 0.2) is 0 Å². The van der Waals surface area contributed by atoms with E-state index in [0.29, 0.717) is 6.04 Å². The Balaban J connectivity index is 1.80. The van der Waals surface area contributed by atoms with Crippen LogP contribution in [-0.2, 0) is 0 Å². The maximum Gasteiger partial charge on any atom is 0.150 e. The van der Waals surface area contributed by atoms with Crippen LogP contribution in [0.1, 0.15) is 45.1 Å². The molecule has 2 heterocycles. The Kier molecular flexibility index (Phi) is 3.50. The van der Waals surface area contributed by atoms with Crippen molar-refractivity contribution in [2.24, 2.45) is 5.92 Å². The van der Waals surface area contributed by atoms with Crippen molar-refractivity contribution in [3.8, 4) is 10.7 Å². The molecule has 0 aromatic carbocycles. The molecular weight excluding hydrogens is 240 g/mol. The van der Waals surface area contributed by atoms with E-state index in [1.54, 1.807) is 11.3 Å². The maximum atomic E-state index is 4.55. The van der Waals surface area contributed by atoms with Crippen molar-refractivity contribution in [1.82, 2.24) is 9.55 Å². The molecule has 96 valence electrons. The molecule has 0 spiro atoms. The number of imidazole rings is 1. The van der Waals surface area contributed by atoms with Gasteiger partial charge in [-0.3, -0.25) is 0 Å². The summed E-state index contributed by atoms with van der Waals surface area (Å²) in [6, 6.07) is 4.93. The van der Waals surface area contributed by atoms with Gasteiger partial charge in [-0.1, -0.05) is 19.4 Å². The Labute approximate surface area is 113 Å². The molecule has 0 atom stereocenters. The van der Waals surface area contributed by atoms with Crippen molar-refractivity contribution < 1.29 is 0 Å². The number of aromatic nitrogens is 2. The molecule has 1 fully saturated rings. The summed E-state index contributed by atoms with van der Waals surface area (Å²) in [5.74, 6) is 2.11. The summed E-state index contributed by atoms with van der Waals surface area (Å²) in [5, 5.41) is 2.13. The standard InChI is InChI=1S/C15H20N2S/c1-2-12-5-7-13(8-6-12)17-10-9-16-15(17)14-4-3-11-18-14/h3-4,9-13H,2,5-8H2,1H3. The van der Waals surface area contributed by atoms with Gasteiger partial charge in [-0.2, -0.15) is 0 Å². The van der Waals surface area contributed by atoms with Crippen molar-refractivity contribution >= 4 is 11.3 Å². The van der Waals surface area contributed by atoms with Crippen LogP contribution in [0, 0.1) is 5.92 Å². The molecular formula is C15H20N2S. The average Bonchev–Trinajstić information content (AvgIpc) is 3.09. The van der Waals surface area contributed by atoms with Crippen molar-refractivity contribution in [3.63, 3.8) is 0 Å². The van der Waals surface area contributed by atoms with E-state index in [1.165, 1.54) is 37.0 Å². The van der Waals surface area contributed by atoms with Crippen LogP contribution >= 0.6 is 11.3 Å². The Bertz CT molecular complexity index is 478. The van der Waals surface area contributed by atoms with Gasteiger partial charge in [0.25, 0.3) is 0 Å². The first-order valence-corrected chi connectivity index (χ1v) is 7.83. The molecule has 0 unspecified atom stereocenters. The van der Waals surface area contributed by atoms with Gasteiger partial charge in [0, 0.05) is 18.4 Å². The maximum absolute atomic E-state index is 4.55. The molecule has 1 aliphatic rings. The van der Waals surface area contributed by atoms with Crippen molar-refractivity contribution in [2.75, 3.05) is 0 Å². The normalized spacial score (nSPS) is 24.3. The van der Waals surface area contributed by atoms with Crippen LogP contribution in [0.5, 0.6) is 0 Å². The van der Waals surface area contributed by atoms with E-state index in [2.05, 4.69) is 40.2 Å². The van der Waals surface area contributed by atoms with Crippen molar-refractivity contribution in [2.45, 2.75) is 45.1 Å². The SMILES string of the molecule is CCC1CCC(n2ccnc2-c2cccs2)CC1. The Morgan fingerprint density at radius 1 is 1.33 bits per heavy atom. The van der Waals surface area contributed by atoms with Gasteiger partial charge in [0.2, 0.25) is 0 Å². The van der Waals surface area contributed by atoms with E-state index >= 15 is 0 Å². The van der Waals surface area contributed by atoms with Gasteiger partial charge in [-0.15, -0.1) is 11.3 Å². The molecule has 2 aromatic heterocycles. The van der Waals surface area contributed by atoms with Gasteiger partial charge in [0.05, 0.1) is 4.88 Å². The van der Waals surface area contributed by atoms with Crippen LogP contribution in [0.2, 0.25) is 0 Å². The van der Waals surface area contributed by atoms with Crippen LogP contribution in [-0.4, -0.2) is 9.55 Å². The summed E-state index contributed by atoms with van der Waals surface area (Å²) in [7, 11) is 0. The predicted molar refractivity (Wildman–Crippen MR) is 76.8 cm³/mol. The topological polar surface area (TPSA) is 17.8 Å². The first kappa shape index (κ1) is 12.0. The fourth-order valence-electron chi connectivity index (χ4n) is 3.04. The van der Waals surface area contributed by atoms with Gasteiger partial charge >= 0.3 is 0 Å². The van der Waals surface area contributed by atoms with E-state index in [-0.39, 0.29) is 0 Å². The lowest BCUT2D eigenvalue weighted by Crippen LogP contribution is -2.17. The van der Waals surface area contributed by atoms with Gasteiger partial charge < -0.3 is 4.57 Å². The third-order valence-electron chi connectivity index (χ3n) is 4.20. The zero-order chi connectivity index (χ0) is 12.4. The summed E-state index contributed by atoms with van der Waals surface area (Å²) in [6.45, 7) is 2.32. The quantitative estimate of drug-likeness (QED) is 0.778. The second-order valence-corrected chi connectivity index (χ2v) is 6.17. The second-order valence-electron chi connectivity index (χ2n) is 5.22. The highest BCUT2D eigenvalue weighted by Crippen LogP contribution is 2.36. The molecule has 2 nitrogen and oxygen atoms in total. The highest BCUT2D eigenvalue weighted by Gasteiger charge is 2.23. The lowest BCUT2D eigenvalue weighted by atomic mass is 9.84. The fraction of sp³-hybridized carbons (Fsp3) is 0.533. The molecule has 2 aromatic rings. The van der Waals surface area contributed by atoms with E-state index in [4.69, 9.17) is 0 Å². The minimum Gasteiger partial charge on any atom is -0.327 e. The molecule has 0 bridgehead atoms. The second kappa shape index (κ2) is 5.27. The first-order chi connectivity index (χ1) is 8.88. The van der Waals surface area contributed by atoms with Crippen LogP contribution in [0.3, 0.4) is 0 Å². The summed E-state index contributed by atoms with van der Waals surface area (Å²) in [5.41, 5.74) is 0. The van der Waals surface area contributed by atoms with Crippen LogP contribution in [0.25, 0.3) is 10.7 Å². The molecule has 0 radical (unpaired) electrons. The summed E-state index contributed by atoms with van der Waals surface area (Å²) >= 11 is 1.78. The van der Waals surface area contributed by atoms with Crippen LogP contribution in [0.4, 0.5) is 0 Å². The molecule has 0 N–H and O–H groups in total.